The number of nitrogens with one attached hydrogen (secondary N) is 1. The predicted molar refractivity (Wildman–Crippen MR) is 69.0 cm³/mol. The highest BCUT2D eigenvalue weighted by Gasteiger charge is 2.01. The van der Waals surface area contributed by atoms with Crippen molar-refractivity contribution in [1.29, 1.82) is 0 Å². The van der Waals surface area contributed by atoms with Gasteiger partial charge in [-0.05, 0) is 19.0 Å². The highest BCUT2D eigenvalue weighted by Crippen LogP contribution is 2.17. The van der Waals surface area contributed by atoms with E-state index in [0.29, 0.717) is 6.61 Å². The number of ether oxygens (including phenoxy) is 2. The van der Waals surface area contributed by atoms with Crippen molar-refractivity contribution < 1.29 is 9.47 Å². The molecule has 3 heteroatoms. The van der Waals surface area contributed by atoms with Gasteiger partial charge in [0, 0.05) is 25.8 Å². The Labute approximate surface area is 103 Å². The third-order valence-corrected chi connectivity index (χ3v) is 2.30. The van der Waals surface area contributed by atoms with Crippen LogP contribution in [0.4, 0.5) is 0 Å². The van der Waals surface area contributed by atoms with Crippen molar-refractivity contribution in [2.24, 2.45) is 0 Å². The third-order valence-electron chi connectivity index (χ3n) is 2.30. The van der Waals surface area contributed by atoms with Gasteiger partial charge in [-0.2, -0.15) is 0 Å². The molecule has 1 N–H and O–H groups in total. The van der Waals surface area contributed by atoms with Crippen molar-refractivity contribution >= 4 is 0 Å². The molecule has 3 nitrogen and oxygen atoms in total. The molecule has 0 saturated carbocycles. The van der Waals surface area contributed by atoms with Crippen molar-refractivity contribution in [3.05, 3.63) is 29.8 Å². The van der Waals surface area contributed by atoms with Crippen LogP contribution in [0, 0.1) is 12.3 Å². The minimum Gasteiger partial charge on any atom is -0.481 e. The molecule has 17 heavy (non-hydrogen) atoms. The Kier molecular flexibility index (Phi) is 6.89. The Morgan fingerprint density at radius 3 is 2.94 bits per heavy atom. The van der Waals surface area contributed by atoms with Gasteiger partial charge in [0.15, 0.2) is 0 Å². The molecule has 92 valence electrons. The first-order valence-electron chi connectivity index (χ1n) is 5.72. The molecular weight excluding hydrogens is 214 g/mol. The second-order valence-corrected chi connectivity index (χ2v) is 3.62. The van der Waals surface area contributed by atoms with Gasteiger partial charge in [0.05, 0.1) is 0 Å². The van der Waals surface area contributed by atoms with Crippen LogP contribution >= 0.6 is 0 Å². The molecule has 0 fully saturated rings. The second-order valence-electron chi connectivity index (χ2n) is 3.62. The molecule has 1 rings (SSSR count). The first-order chi connectivity index (χ1) is 8.38. The van der Waals surface area contributed by atoms with E-state index < -0.39 is 0 Å². The first-order valence-corrected chi connectivity index (χ1v) is 5.72. The van der Waals surface area contributed by atoms with E-state index in [9.17, 15) is 0 Å². The number of methoxy groups -OCH3 is 1. The molecule has 0 spiro atoms. The number of rotatable bonds is 8. The molecule has 0 unspecified atom stereocenters. The highest BCUT2D eigenvalue weighted by atomic mass is 16.5. The van der Waals surface area contributed by atoms with Crippen molar-refractivity contribution in [3.63, 3.8) is 0 Å². The van der Waals surface area contributed by atoms with Crippen LogP contribution in [-0.2, 0) is 11.3 Å². The van der Waals surface area contributed by atoms with Crippen molar-refractivity contribution in [3.8, 4) is 18.1 Å². The van der Waals surface area contributed by atoms with Gasteiger partial charge in [-0.15, -0.1) is 6.42 Å². The lowest BCUT2D eigenvalue weighted by molar-refractivity contribution is 0.194. The number of hydrogen-bond acceptors (Lipinski definition) is 3. The normalized spacial score (nSPS) is 9.88. The molecule has 0 aliphatic carbocycles. The topological polar surface area (TPSA) is 30.5 Å². The van der Waals surface area contributed by atoms with Gasteiger partial charge in [0.1, 0.15) is 12.4 Å². The van der Waals surface area contributed by atoms with Crippen molar-refractivity contribution in [1.82, 2.24) is 5.32 Å². The van der Waals surface area contributed by atoms with Gasteiger partial charge < -0.3 is 14.8 Å². The van der Waals surface area contributed by atoms with Crippen LogP contribution in [0.25, 0.3) is 0 Å². The SMILES string of the molecule is C#CCOc1ccccc1CNCCCOC. The summed E-state index contributed by atoms with van der Waals surface area (Å²) >= 11 is 0. The quantitative estimate of drug-likeness (QED) is 0.549. The molecule has 1 aromatic rings. The Hall–Kier alpha value is -1.50. The molecular formula is C14H19NO2. The monoisotopic (exact) mass is 233 g/mol. The number of benzene rings is 1. The van der Waals surface area contributed by atoms with Crippen LogP contribution in [-0.4, -0.2) is 26.9 Å². The van der Waals surface area contributed by atoms with Gasteiger partial charge in [-0.25, -0.2) is 0 Å². The standard InChI is InChI=1S/C14H19NO2/c1-3-10-17-14-8-5-4-7-13(14)12-15-9-6-11-16-2/h1,4-5,7-8,15H,6,9-12H2,2H3. The summed E-state index contributed by atoms with van der Waals surface area (Å²) in [5.74, 6) is 3.32. The maximum atomic E-state index is 5.46. The highest BCUT2D eigenvalue weighted by molar-refractivity contribution is 5.33. The largest absolute Gasteiger partial charge is 0.481 e. The third kappa shape index (κ3) is 5.39. The second kappa shape index (κ2) is 8.63. The van der Waals surface area contributed by atoms with Gasteiger partial charge in [-0.3, -0.25) is 0 Å². The van der Waals surface area contributed by atoms with Gasteiger partial charge >= 0.3 is 0 Å². The summed E-state index contributed by atoms with van der Waals surface area (Å²) in [5.41, 5.74) is 1.13. The van der Waals surface area contributed by atoms with E-state index >= 15 is 0 Å². The van der Waals surface area contributed by atoms with E-state index in [1.54, 1.807) is 7.11 Å². The zero-order chi connectivity index (χ0) is 12.3. The van der Waals surface area contributed by atoms with Gasteiger partial charge in [0.25, 0.3) is 0 Å². The Morgan fingerprint density at radius 2 is 2.18 bits per heavy atom. The maximum absolute atomic E-state index is 5.46. The first kappa shape index (κ1) is 13.6. The van der Waals surface area contributed by atoms with E-state index in [2.05, 4.69) is 11.2 Å². The summed E-state index contributed by atoms with van der Waals surface area (Å²) in [6.07, 6.45) is 6.18. The van der Waals surface area contributed by atoms with Crippen LogP contribution in [0.5, 0.6) is 5.75 Å². The minimum absolute atomic E-state index is 0.306. The van der Waals surface area contributed by atoms with Crippen LogP contribution in [0.1, 0.15) is 12.0 Å². The van der Waals surface area contributed by atoms with Gasteiger partial charge in [0.2, 0.25) is 0 Å². The lowest BCUT2D eigenvalue weighted by Crippen LogP contribution is -2.16. The average Bonchev–Trinajstić information content (AvgIpc) is 2.37. The smallest absolute Gasteiger partial charge is 0.148 e. The summed E-state index contributed by atoms with van der Waals surface area (Å²) < 4.78 is 10.4. The van der Waals surface area contributed by atoms with Crippen LogP contribution < -0.4 is 10.1 Å². The molecule has 0 aromatic heterocycles. The fraction of sp³-hybridized carbons (Fsp3) is 0.429. The van der Waals surface area contributed by atoms with Crippen molar-refractivity contribution in [2.45, 2.75) is 13.0 Å². The lowest BCUT2D eigenvalue weighted by Gasteiger charge is -2.10. The molecule has 0 amide bonds. The maximum Gasteiger partial charge on any atom is 0.148 e. The summed E-state index contributed by atoms with van der Waals surface area (Å²) in [7, 11) is 1.71. The van der Waals surface area contributed by atoms with E-state index in [-0.39, 0.29) is 0 Å². The van der Waals surface area contributed by atoms with Crippen LogP contribution in [0.15, 0.2) is 24.3 Å². The average molecular weight is 233 g/mol. The van der Waals surface area contributed by atoms with Gasteiger partial charge in [-0.1, -0.05) is 24.1 Å². The van der Waals surface area contributed by atoms with E-state index in [0.717, 1.165) is 37.4 Å². The molecule has 0 aliphatic rings. The molecule has 0 heterocycles. The van der Waals surface area contributed by atoms with E-state index in [1.165, 1.54) is 0 Å². The van der Waals surface area contributed by atoms with Crippen LogP contribution in [0.2, 0.25) is 0 Å². The molecule has 0 saturated heterocycles. The van der Waals surface area contributed by atoms with E-state index in [1.807, 2.05) is 24.3 Å². The summed E-state index contributed by atoms with van der Waals surface area (Å²) in [5, 5.41) is 3.34. The molecule has 0 aliphatic heterocycles. The number of hydrogen-bond donors (Lipinski definition) is 1. The summed E-state index contributed by atoms with van der Waals surface area (Å²) in [4.78, 5) is 0. The zero-order valence-corrected chi connectivity index (χ0v) is 10.2. The fourth-order valence-corrected chi connectivity index (χ4v) is 1.47. The summed E-state index contributed by atoms with van der Waals surface area (Å²) in [6, 6.07) is 7.91. The zero-order valence-electron chi connectivity index (χ0n) is 10.2. The molecule has 0 bridgehead atoms. The fourth-order valence-electron chi connectivity index (χ4n) is 1.47. The molecule has 1 aromatic carbocycles. The Balaban J connectivity index is 2.38. The lowest BCUT2D eigenvalue weighted by atomic mass is 10.2. The minimum atomic E-state index is 0.306. The van der Waals surface area contributed by atoms with Crippen LogP contribution in [0.3, 0.4) is 0 Å². The molecule has 0 atom stereocenters. The predicted octanol–water partition coefficient (Wildman–Crippen LogP) is 1.82. The Morgan fingerprint density at radius 1 is 1.35 bits per heavy atom. The summed E-state index contributed by atoms with van der Waals surface area (Å²) in [6.45, 7) is 2.80. The Bertz CT molecular complexity index is 357. The van der Waals surface area contributed by atoms with Crippen molar-refractivity contribution in [2.75, 3.05) is 26.9 Å². The molecule has 0 radical (unpaired) electrons. The van der Waals surface area contributed by atoms with E-state index in [4.69, 9.17) is 15.9 Å². The number of para-hydroxylation sites is 1. The number of terminal acetylenes is 1.